The molecule has 3 aromatic rings. The van der Waals surface area contributed by atoms with Crippen LogP contribution in [0.2, 0.25) is 0 Å². The van der Waals surface area contributed by atoms with Crippen molar-refractivity contribution in [2.24, 2.45) is 0 Å². The average molecular weight is 438 g/mol. The van der Waals surface area contributed by atoms with Gasteiger partial charge in [-0.1, -0.05) is 6.07 Å². The average Bonchev–Trinajstić information content (AvgIpc) is 3.33. The van der Waals surface area contributed by atoms with Crippen LogP contribution >= 0.6 is 38.6 Å². The first kappa shape index (κ1) is 18.1. The number of ether oxygens (including phenoxy) is 1. The fourth-order valence-electron chi connectivity index (χ4n) is 2.45. The van der Waals surface area contributed by atoms with Gasteiger partial charge in [0.2, 0.25) is 0 Å². The lowest BCUT2D eigenvalue weighted by atomic mass is 9.94. The molecule has 0 radical (unpaired) electrons. The van der Waals surface area contributed by atoms with Gasteiger partial charge in [0.05, 0.1) is 19.2 Å². The fourth-order valence-corrected chi connectivity index (χ4v) is 4.45. The topological polar surface area (TPSA) is 58.6 Å². The van der Waals surface area contributed by atoms with Gasteiger partial charge in [-0.25, -0.2) is 0 Å². The van der Waals surface area contributed by atoms with Gasteiger partial charge in [-0.3, -0.25) is 4.79 Å². The molecule has 1 aromatic carbocycles. The molecular weight excluding hydrogens is 422 g/mol. The minimum atomic E-state index is -1.25. The van der Waals surface area contributed by atoms with E-state index in [1.165, 1.54) is 22.7 Å². The molecule has 0 aliphatic heterocycles. The Hall–Kier alpha value is -1.67. The van der Waals surface area contributed by atoms with Gasteiger partial charge in [0.15, 0.2) is 0 Å². The van der Waals surface area contributed by atoms with Crippen LogP contribution in [0.5, 0.6) is 5.75 Å². The van der Waals surface area contributed by atoms with Crippen LogP contribution in [0, 0.1) is 0 Å². The molecule has 0 saturated carbocycles. The number of hydrogen-bond acceptors (Lipinski definition) is 5. The number of benzene rings is 1. The summed E-state index contributed by atoms with van der Waals surface area (Å²) >= 11 is 6.35. The van der Waals surface area contributed by atoms with Gasteiger partial charge in [-0.05, 0) is 62.4 Å². The van der Waals surface area contributed by atoms with E-state index in [0.29, 0.717) is 15.8 Å². The van der Waals surface area contributed by atoms with Crippen molar-refractivity contribution in [3.63, 3.8) is 0 Å². The summed E-state index contributed by atoms with van der Waals surface area (Å²) in [5, 5.41) is 19.8. The third-order valence-corrected chi connectivity index (χ3v) is 6.25. The molecule has 0 bridgehead atoms. The first-order valence-corrected chi connectivity index (χ1v) is 10.1. The molecule has 0 aliphatic carbocycles. The third-order valence-electron chi connectivity index (χ3n) is 3.85. The van der Waals surface area contributed by atoms with E-state index in [1.54, 1.807) is 25.3 Å². The summed E-state index contributed by atoms with van der Waals surface area (Å²) in [6, 6.07) is 10.8. The first-order chi connectivity index (χ1) is 12.0. The van der Waals surface area contributed by atoms with Crippen molar-refractivity contribution in [1.82, 2.24) is 5.32 Å². The molecule has 1 unspecified atom stereocenters. The van der Waals surface area contributed by atoms with Crippen LogP contribution in [0.15, 0.2) is 57.0 Å². The fraction of sp³-hybridized carbons (Fsp3) is 0.167. The molecule has 2 heterocycles. The molecule has 4 nitrogen and oxygen atoms in total. The summed E-state index contributed by atoms with van der Waals surface area (Å²) in [6.07, 6.45) is 0. The monoisotopic (exact) mass is 437 g/mol. The Morgan fingerprint density at radius 1 is 1.32 bits per heavy atom. The van der Waals surface area contributed by atoms with Crippen LogP contribution in [0.25, 0.3) is 0 Å². The van der Waals surface area contributed by atoms with Gasteiger partial charge in [0.25, 0.3) is 5.91 Å². The van der Waals surface area contributed by atoms with Crippen molar-refractivity contribution in [2.75, 3.05) is 13.7 Å². The molecule has 2 N–H and O–H groups in total. The molecule has 0 saturated heterocycles. The quantitative estimate of drug-likeness (QED) is 0.605. The number of carbonyl (C=O) groups is 1. The normalized spacial score (nSPS) is 13.2. The zero-order valence-corrected chi connectivity index (χ0v) is 16.6. The number of thiophene rings is 2. The van der Waals surface area contributed by atoms with E-state index in [-0.39, 0.29) is 12.5 Å². The summed E-state index contributed by atoms with van der Waals surface area (Å²) in [5.41, 5.74) is -0.0296. The molecule has 0 fully saturated rings. The second kappa shape index (κ2) is 7.70. The van der Waals surface area contributed by atoms with Crippen molar-refractivity contribution in [1.29, 1.82) is 0 Å². The van der Waals surface area contributed by atoms with Crippen LogP contribution < -0.4 is 10.1 Å². The van der Waals surface area contributed by atoms with Gasteiger partial charge in [0.1, 0.15) is 11.4 Å². The molecule has 7 heteroatoms. The summed E-state index contributed by atoms with van der Waals surface area (Å²) in [4.78, 5) is 13.4. The Balaban J connectivity index is 1.84. The van der Waals surface area contributed by atoms with Crippen LogP contribution in [-0.4, -0.2) is 24.7 Å². The number of methoxy groups -OCH3 is 1. The van der Waals surface area contributed by atoms with E-state index in [4.69, 9.17) is 4.74 Å². The number of carbonyl (C=O) groups excluding carboxylic acids is 1. The lowest BCUT2D eigenvalue weighted by molar-refractivity contribution is 0.0720. The van der Waals surface area contributed by atoms with Crippen LogP contribution in [0.1, 0.15) is 20.8 Å². The smallest absolute Gasteiger partial charge is 0.252 e. The Morgan fingerprint density at radius 3 is 2.80 bits per heavy atom. The van der Waals surface area contributed by atoms with Gasteiger partial charge >= 0.3 is 0 Å². The van der Waals surface area contributed by atoms with E-state index < -0.39 is 5.60 Å². The molecule has 0 aliphatic rings. The van der Waals surface area contributed by atoms with Crippen LogP contribution in [-0.2, 0) is 5.60 Å². The highest BCUT2D eigenvalue weighted by Gasteiger charge is 2.33. The van der Waals surface area contributed by atoms with Gasteiger partial charge in [-0.15, -0.1) is 11.3 Å². The van der Waals surface area contributed by atoms with Crippen LogP contribution in [0.4, 0.5) is 0 Å². The summed E-state index contributed by atoms with van der Waals surface area (Å²) in [7, 11) is 1.55. The number of hydrogen-bond donors (Lipinski definition) is 2. The van der Waals surface area contributed by atoms with E-state index >= 15 is 0 Å². The maximum atomic E-state index is 12.6. The molecule has 3 rings (SSSR count). The highest BCUT2D eigenvalue weighted by Crippen LogP contribution is 2.33. The number of amides is 1. The van der Waals surface area contributed by atoms with Gasteiger partial charge in [-0.2, -0.15) is 11.3 Å². The SMILES string of the molecule is COc1ccc(Br)c(C(=O)NCC(O)(c2ccsc2)c2cccs2)c1. The Labute approximate surface area is 162 Å². The molecule has 130 valence electrons. The summed E-state index contributed by atoms with van der Waals surface area (Å²) in [5.74, 6) is 0.315. The number of halogens is 1. The lowest BCUT2D eigenvalue weighted by Crippen LogP contribution is -2.41. The minimum absolute atomic E-state index is 0.0761. The van der Waals surface area contributed by atoms with E-state index in [2.05, 4.69) is 21.2 Å². The van der Waals surface area contributed by atoms with E-state index in [9.17, 15) is 9.90 Å². The van der Waals surface area contributed by atoms with Crippen molar-refractivity contribution in [3.05, 3.63) is 73.0 Å². The Morgan fingerprint density at radius 2 is 2.16 bits per heavy atom. The number of nitrogens with one attached hydrogen (secondary N) is 1. The minimum Gasteiger partial charge on any atom is -0.497 e. The zero-order valence-electron chi connectivity index (χ0n) is 13.4. The second-order valence-electron chi connectivity index (χ2n) is 5.38. The Bertz CT molecular complexity index is 813. The number of rotatable bonds is 6. The maximum Gasteiger partial charge on any atom is 0.252 e. The standard InChI is InChI=1S/C18H16BrNO3S2/c1-23-13-4-5-15(19)14(9-13)17(21)20-11-18(22,12-6-8-24-10-12)16-3-2-7-25-16/h2-10,22H,11H2,1H3,(H,20,21). The van der Waals surface area contributed by atoms with Gasteiger partial charge in [0, 0.05) is 14.9 Å². The lowest BCUT2D eigenvalue weighted by Gasteiger charge is -2.27. The molecule has 0 spiro atoms. The zero-order chi connectivity index (χ0) is 17.9. The highest BCUT2D eigenvalue weighted by molar-refractivity contribution is 9.10. The molecular formula is C18H16BrNO3S2. The van der Waals surface area contributed by atoms with E-state index in [1.807, 2.05) is 34.3 Å². The largest absolute Gasteiger partial charge is 0.497 e. The summed E-state index contributed by atoms with van der Waals surface area (Å²) < 4.78 is 5.84. The number of aliphatic hydroxyl groups is 1. The second-order valence-corrected chi connectivity index (χ2v) is 7.96. The predicted molar refractivity (Wildman–Crippen MR) is 105 cm³/mol. The van der Waals surface area contributed by atoms with Crippen molar-refractivity contribution >= 4 is 44.5 Å². The van der Waals surface area contributed by atoms with Crippen LogP contribution in [0.3, 0.4) is 0 Å². The van der Waals surface area contributed by atoms with Crippen molar-refractivity contribution < 1.29 is 14.6 Å². The first-order valence-electron chi connectivity index (χ1n) is 7.45. The van der Waals surface area contributed by atoms with Gasteiger partial charge < -0.3 is 15.2 Å². The van der Waals surface area contributed by atoms with E-state index in [0.717, 1.165) is 10.4 Å². The molecule has 25 heavy (non-hydrogen) atoms. The van der Waals surface area contributed by atoms with Crippen molar-refractivity contribution in [3.8, 4) is 5.75 Å². The maximum absolute atomic E-state index is 12.6. The summed E-state index contributed by atoms with van der Waals surface area (Å²) in [6.45, 7) is 0.0761. The molecule has 2 aromatic heterocycles. The molecule has 1 atom stereocenters. The predicted octanol–water partition coefficient (Wildman–Crippen LogP) is 4.25. The molecule has 1 amide bonds. The third kappa shape index (κ3) is 3.79. The highest BCUT2D eigenvalue weighted by atomic mass is 79.9. The van der Waals surface area contributed by atoms with Crippen molar-refractivity contribution in [2.45, 2.75) is 5.60 Å². The Kier molecular flexibility index (Phi) is 5.58.